The molecule has 2 N–H and O–H groups in total. The minimum Gasteiger partial charge on any atom is -0.382 e. The van der Waals surface area contributed by atoms with Gasteiger partial charge in [0.1, 0.15) is 0 Å². The Labute approximate surface area is 114 Å². The van der Waals surface area contributed by atoms with Crippen molar-refractivity contribution in [2.45, 2.75) is 32.2 Å². The molecular formula is C16H21N3. The number of benzene rings is 1. The molecule has 0 atom stereocenters. The van der Waals surface area contributed by atoms with E-state index in [1.807, 2.05) is 12.4 Å². The van der Waals surface area contributed by atoms with Crippen LogP contribution >= 0.6 is 0 Å². The van der Waals surface area contributed by atoms with Gasteiger partial charge in [-0.1, -0.05) is 19.1 Å². The van der Waals surface area contributed by atoms with Crippen LogP contribution in [0, 0.1) is 0 Å². The first-order valence-electron chi connectivity index (χ1n) is 7.21. The van der Waals surface area contributed by atoms with Gasteiger partial charge in [-0.15, -0.1) is 0 Å². The van der Waals surface area contributed by atoms with Crippen molar-refractivity contribution in [3.63, 3.8) is 0 Å². The maximum Gasteiger partial charge on any atom is 0.0425 e. The maximum atomic E-state index is 4.33. The van der Waals surface area contributed by atoms with Gasteiger partial charge in [-0.05, 0) is 44.0 Å². The predicted molar refractivity (Wildman–Crippen MR) is 80.6 cm³/mol. The molecule has 3 heteroatoms. The van der Waals surface area contributed by atoms with Gasteiger partial charge in [0.2, 0.25) is 0 Å². The molecule has 1 fully saturated rings. The molecule has 1 aromatic carbocycles. The standard InChI is InChI=1S/C16H21N3/c1-2-12-10-18-11-13-4-3-5-15(16(12)13)19-14-6-8-17-9-7-14/h3-5,10-11,14,17,19H,2,6-9H2,1H3. The maximum absolute atomic E-state index is 4.33. The zero-order valence-corrected chi connectivity index (χ0v) is 11.4. The van der Waals surface area contributed by atoms with E-state index in [-0.39, 0.29) is 0 Å². The highest BCUT2D eigenvalue weighted by atomic mass is 15.0. The monoisotopic (exact) mass is 255 g/mol. The van der Waals surface area contributed by atoms with E-state index < -0.39 is 0 Å². The van der Waals surface area contributed by atoms with Crippen molar-refractivity contribution >= 4 is 16.5 Å². The van der Waals surface area contributed by atoms with E-state index in [4.69, 9.17) is 0 Å². The Morgan fingerprint density at radius 3 is 2.89 bits per heavy atom. The van der Waals surface area contributed by atoms with Crippen LogP contribution in [0.15, 0.2) is 30.6 Å². The average molecular weight is 255 g/mol. The molecule has 100 valence electrons. The van der Waals surface area contributed by atoms with E-state index in [0.717, 1.165) is 19.5 Å². The molecule has 0 unspecified atom stereocenters. The van der Waals surface area contributed by atoms with Crippen LogP contribution in [0.3, 0.4) is 0 Å². The molecule has 3 nitrogen and oxygen atoms in total. The molecule has 0 saturated carbocycles. The summed E-state index contributed by atoms with van der Waals surface area (Å²) in [4.78, 5) is 4.33. The molecule has 0 radical (unpaired) electrons. The van der Waals surface area contributed by atoms with Crippen LogP contribution in [0.4, 0.5) is 5.69 Å². The van der Waals surface area contributed by atoms with E-state index in [0.29, 0.717) is 6.04 Å². The van der Waals surface area contributed by atoms with Crippen LogP contribution in [-0.2, 0) is 6.42 Å². The molecule has 2 aromatic rings. The van der Waals surface area contributed by atoms with Crippen molar-refractivity contribution in [3.8, 4) is 0 Å². The molecule has 1 aromatic heterocycles. The summed E-state index contributed by atoms with van der Waals surface area (Å²) in [5.74, 6) is 0. The fraction of sp³-hybridized carbons (Fsp3) is 0.438. The van der Waals surface area contributed by atoms with Crippen LogP contribution in [-0.4, -0.2) is 24.1 Å². The smallest absolute Gasteiger partial charge is 0.0425 e. The lowest BCUT2D eigenvalue weighted by Crippen LogP contribution is -2.35. The Morgan fingerprint density at radius 1 is 1.26 bits per heavy atom. The van der Waals surface area contributed by atoms with Gasteiger partial charge in [-0.2, -0.15) is 0 Å². The van der Waals surface area contributed by atoms with Crippen LogP contribution in [0.2, 0.25) is 0 Å². The molecule has 1 aliphatic heterocycles. The molecule has 0 amide bonds. The van der Waals surface area contributed by atoms with Gasteiger partial charge in [0.15, 0.2) is 0 Å². The van der Waals surface area contributed by atoms with Gasteiger partial charge in [0.05, 0.1) is 0 Å². The third-order valence-electron chi connectivity index (χ3n) is 3.94. The highest BCUT2D eigenvalue weighted by Gasteiger charge is 2.14. The zero-order chi connectivity index (χ0) is 13.1. The number of nitrogens with zero attached hydrogens (tertiary/aromatic N) is 1. The number of aromatic nitrogens is 1. The first-order chi connectivity index (χ1) is 9.38. The summed E-state index contributed by atoms with van der Waals surface area (Å²) >= 11 is 0. The zero-order valence-electron chi connectivity index (χ0n) is 11.4. The number of rotatable bonds is 3. The summed E-state index contributed by atoms with van der Waals surface area (Å²) < 4.78 is 0. The Morgan fingerprint density at radius 2 is 2.11 bits per heavy atom. The van der Waals surface area contributed by atoms with Gasteiger partial charge in [0.25, 0.3) is 0 Å². The van der Waals surface area contributed by atoms with Gasteiger partial charge in [-0.3, -0.25) is 4.98 Å². The third kappa shape index (κ3) is 2.56. The summed E-state index contributed by atoms with van der Waals surface area (Å²) in [6.07, 6.45) is 7.37. The fourth-order valence-electron chi connectivity index (χ4n) is 2.88. The number of aryl methyl sites for hydroxylation is 1. The van der Waals surface area contributed by atoms with Gasteiger partial charge >= 0.3 is 0 Å². The molecule has 0 bridgehead atoms. The molecular weight excluding hydrogens is 234 g/mol. The van der Waals surface area contributed by atoms with E-state index in [2.05, 4.69) is 40.7 Å². The normalized spacial score (nSPS) is 16.7. The SMILES string of the molecule is CCc1cncc2cccc(NC3CCNCC3)c12. The van der Waals surface area contributed by atoms with E-state index in [1.54, 1.807) is 0 Å². The highest BCUT2D eigenvalue weighted by molar-refractivity contribution is 5.96. The second-order valence-electron chi connectivity index (χ2n) is 5.22. The molecule has 2 heterocycles. The first-order valence-corrected chi connectivity index (χ1v) is 7.21. The van der Waals surface area contributed by atoms with Crippen molar-refractivity contribution in [2.24, 2.45) is 0 Å². The number of fused-ring (bicyclic) bond motifs is 1. The highest BCUT2D eigenvalue weighted by Crippen LogP contribution is 2.28. The number of hydrogen-bond donors (Lipinski definition) is 2. The second-order valence-corrected chi connectivity index (χ2v) is 5.22. The van der Waals surface area contributed by atoms with Gasteiger partial charge in [-0.25, -0.2) is 0 Å². The van der Waals surface area contributed by atoms with Crippen molar-refractivity contribution in [1.82, 2.24) is 10.3 Å². The Bertz CT molecular complexity index is 554. The molecule has 3 rings (SSSR count). The van der Waals surface area contributed by atoms with Crippen molar-refractivity contribution in [3.05, 3.63) is 36.2 Å². The van der Waals surface area contributed by atoms with Crippen molar-refractivity contribution in [2.75, 3.05) is 18.4 Å². The van der Waals surface area contributed by atoms with Crippen LogP contribution in [0.5, 0.6) is 0 Å². The minimum absolute atomic E-state index is 0.588. The molecule has 0 aliphatic carbocycles. The largest absolute Gasteiger partial charge is 0.382 e. The lowest BCUT2D eigenvalue weighted by molar-refractivity contribution is 0.479. The predicted octanol–water partition coefficient (Wildman–Crippen LogP) is 2.96. The molecule has 19 heavy (non-hydrogen) atoms. The van der Waals surface area contributed by atoms with Gasteiger partial charge in [0, 0.05) is 34.9 Å². The summed E-state index contributed by atoms with van der Waals surface area (Å²) in [6.45, 7) is 4.42. The Hall–Kier alpha value is -1.61. The summed E-state index contributed by atoms with van der Waals surface area (Å²) in [6, 6.07) is 7.05. The summed E-state index contributed by atoms with van der Waals surface area (Å²) in [5, 5.41) is 9.72. The van der Waals surface area contributed by atoms with E-state index in [9.17, 15) is 0 Å². The second kappa shape index (κ2) is 5.57. The molecule has 1 aliphatic rings. The van der Waals surface area contributed by atoms with Crippen molar-refractivity contribution in [1.29, 1.82) is 0 Å². The lowest BCUT2D eigenvalue weighted by Gasteiger charge is -2.25. The van der Waals surface area contributed by atoms with Crippen LogP contribution in [0.25, 0.3) is 10.8 Å². The number of piperidine rings is 1. The first kappa shape index (κ1) is 12.4. The summed E-state index contributed by atoms with van der Waals surface area (Å²) in [5.41, 5.74) is 2.60. The van der Waals surface area contributed by atoms with Crippen LogP contribution < -0.4 is 10.6 Å². The Kier molecular flexibility index (Phi) is 3.65. The topological polar surface area (TPSA) is 37.0 Å². The molecule has 1 saturated heterocycles. The quantitative estimate of drug-likeness (QED) is 0.885. The number of pyridine rings is 1. The lowest BCUT2D eigenvalue weighted by atomic mass is 10.0. The summed E-state index contributed by atoms with van der Waals surface area (Å²) in [7, 11) is 0. The average Bonchev–Trinajstić information content (AvgIpc) is 2.48. The number of hydrogen-bond acceptors (Lipinski definition) is 3. The Balaban J connectivity index is 1.97. The number of nitrogens with one attached hydrogen (secondary N) is 2. The fourth-order valence-corrected chi connectivity index (χ4v) is 2.88. The number of anilines is 1. The third-order valence-corrected chi connectivity index (χ3v) is 3.94. The molecule has 0 spiro atoms. The van der Waals surface area contributed by atoms with E-state index >= 15 is 0 Å². The minimum atomic E-state index is 0.588. The van der Waals surface area contributed by atoms with Crippen LogP contribution in [0.1, 0.15) is 25.3 Å². The van der Waals surface area contributed by atoms with Crippen molar-refractivity contribution < 1.29 is 0 Å². The van der Waals surface area contributed by atoms with Gasteiger partial charge < -0.3 is 10.6 Å². The van der Waals surface area contributed by atoms with E-state index in [1.165, 1.54) is 34.9 Å².